The Hall–Kier alpha value is 1.57. The molecule has 0 nitrogen and oxygen atoms in total. The number of rotatable bonds is 2. The first kappa shape index (κ1) is 16.9. The van der Waals surface area contributed by atoms with Crippen LogP contribution in [0, 0.1) is 12.8 Å². The summed E-state index contributed by atoms with van der Waals surface area (Å²) in [7, 11) is 0. The van der Waals surface area contributed by atoms with Crippen molar-refractivity contribution in [1.82, 2.24) is 0 Å². The molecule has 0 unspecified atom stereocenters. The van der Waals surface area contributed by atoms with Gasteiger partial charge in [-0.3, -0.25) is 0 Å². The molecule has 0 aliphatic rings. The third-order valence-electron chi connectivity index (χ3n) is 0.816. The first-order valence-electron chi connectivity index (χ1n) is 3.39. The van der Waals surface area contributed by atoms with Crippen molar-refractivity contribution in [3.8, 4) is 0 Å². The van der Waals surface area contributed by atoms with Crippen LogP contribution in [-0.2, 0) is 0 Å². The molecule has 0 rings (SSSR count). The first-order valence-corrected chi connectivity index (χ1v) is 3.39. The Labute approximate surface area is 101 Å². The van der Waals surface area contributed by atoms with E-state index >= 15 is 0 Å². The van der Waals surface area contributed by atoms with E-state index in [-0.39, 0.29) is 48.9 Å². The molecule has 0 heterocycles. The fourth-order valence-electron chi connectivity index (χ4n) is 0. The molecule has 52 valence electrons. The molecule has 0 fully saturated rings. The molecule has 0 saturated heterocycles. The summed E-state index contributed by atoms with van der Waals surface area (Å²) in [5, 5.41) is 0. The van der Waals surface area contributed by atoms with Gasteiger partial charge < -0.3 is 12.8 Å². The summed E-state index contributed by atoms with van der Waals surface area (Å²) in [6, 6.07) is 0. The predicted octanol–water partition coefficient (Wildman–Crippen LogP) is 2.86. The summed E-state index contributed by atoms with van der Waals surface area (Å²) < 4.78 is 0. The maximum absolute atomic E-state index is 2.12. The van der Waals surface area contributed by atoms with Crippen LogP contribution < -0.4 is 0 Å². The molecule has 0 aromatic carbocycles. The maximum atomic E-state index is 2.12. The van der Waals surface area contributed by atoms with E-state index < -0.39 is 0 Å². The largest absolute Gasteiger partial charge is 2.00 e. The molecule has 0 atom stereocenters. The molecule has 0 bridgehead atoms. The average molecular weight is 252 g/mol. The molecule has 1 heteroatoms. The fraction of sp³-hybridized carbons (Fsp3) is 0.750. The topological polar surface area (TPSA) is 0 Å². The van der Waals surface area contributed by atoms with Crippen LogP contribution in [0.2, 0.25) is 0 Å². The van der Waals surface area contributed by atoms with Gasteiger partial charge in [-0.1, -0.05) is 13.8 Å². The van der Waals surface area contributed by atoms with E-state index in [1.54, 1.807) is 0 Å². The summed E-state index contributed by atoms with van der Waals surface area (Å²) >= 11 is 0. The van der Waals surface area contributed by atoms with Gasteiger partial charge in [-0.2, -0.15) is 26.7 Å². The van der Waals surface area contributed by atoms with E-state index in [4.69, 9.17) is 0 Å². The molecule has 0 N–H and O–H groups in total. The van der Waals surface area contributed by atoms with Gasteiger partial charge in [0, 0.05) is 0 Å². The third kappa shape index (κ3) is 43.0. The van der Waals surface area contributed by atoms with Crippen molar-refractivity contribution in [3.05, 3.63) is 12.8 Å². The van der Waals surface area contributed by atoms with Crippen molar-refractivity contribution in [2.45, 2.75) is 40.5 Å². The van der Waals surface area contributed by atoms with E-state index in [0.717, 1.165) is 0 Å². The Balaban J connectivity index is -0.0000000720. The molecule has 0 saturated carbocycles. The Kier molecular flexibility index (Phi) is 42.5. The Morgan fingerprint density at radius 1 is 0.889 bits per heavy atom. The quantitative estimate of drug-likeness (QED) is 0.523. The van der Waals surface area contributed by atoms with Crippen molar-refractivity contribution in [1.29, 1.82) is 0 Å². The van der Waals surface area contributed by atoms with Gasteiger partial charge in [0.1, 0.15) is 0 Å². The normalized spacial score (nSPS) is 6.67. The number of unbranched alkanes of at least 4 members (excludes halogenated alkanes) is 2. The SMILES string of the molecule is C[CH-]CC.C[CH-]CC.[Ba+2]. The van der Waals surface area contributed by atoms with Crippen LogP contribution in [0.1, 0.15) is 40.5 Å². The maximum Gasteiger partial charge on any atom is 2.00 e. The zero-order chi connectivity index (χ0) is 6.83. The molecule has 0 aliphatic heterocycles. The van der Waals surface area contributed by atoms with Crippen LogP contribution in [0.25, 0.3) is 0 Å². The zero-order valence-electron chi connectivity index (χ0n) is 7.28. The summed E-state index contributed by atoms with van der Waals surface area (Å²) in [4.78, 5) is 0. The van der Waals surface area contributed by atoms with Crippen molar-refractivity contribution in [2.75, 3.05) is 0 Å². The molecule has 0 aromatic heterocycles. The molecule has 0 aliphatic carbocycles. The zero-order valence-corrected chi connectivity index (χ0v) is 11.7. The second-order valence-corrected chi connectivity index (χ2v) is 1.63. The van der Waals surface area contributed by atoms with E-state index in [9.17, 15) is 0 Å². The van der Waals surface area contributed by atoms with Gasteiger partial charge in [-0.05, 0) is 0 Å². The third-order valence-corrected chi connectivity index (χ3v) is 0.816. The molecule has 0 radical (unpaired) electrons. The molecular formula is C8H18Ba. The summed E-state index contributed by atoms with van der Waals surface area (Å²) in [5.41, 5.74) is 0. The number of hydrogen-bond donors (Lipinski definition) is 0. The first-order chi connectivity index (χ1) is 3.83. The van der Waals surface area contributed by atoms with E-state index in [1.165, 1.54) is 12.8 Å². The van der Waals surface area contributed by atoms with Crippen LogP contribution in [0.15, 0.2) is 0 Å². The van der Waals surface area contributed by atoms with Crippen molar-refractivity contribution >= 4 is 48.9 Å². The molecule has 9 heavy (non-hydrogen) atoms. The van der Waals surface area contributed by atoms with Gasteiger partial charge in [0.2, 0.25) is 0 Å². The minimum absolute atomic E-state index is 0. The van der Waals surface area contributed by atoms with E-state index in [0.29, 0.717) is 0 Å². The van der Waals surface area contributed by atoms with E-state index in [1.807, 2.05) is 0 Å². The Morgan fingerprint density at radius 3 is 1.00 bits per heavy atom. The predicted molar refractivity (Wildman–Crippen MR) is 46.3 cm³/mol. The van der Waals surface area contributed by atoms with Crippen molar-refractivity contribution < 1.29 is 0 Å². The van der Waals surface area contributed by atoms with Gasteiger partial charge in [-0.15, -0.1) is 0 Å². The molecule has 0 spiro atoms. The average Bonchev–Trinajstić information content (AvgIpc) is 1.88. The Morgan fingerprint density at radius 2 is 1.00 bits per heavy atom. The monoisotopic (exact) mass is 252 g/mol. The number of hydrogen-bond acceptors (Lipinski definition) is 0. The van der Waals surface area contributed by atoms with Crippen LogP contribution >= 0.6 is 0 Å². The van der Waals surface area contributed by atoms with Crippen LogP contribution in [0.4, 0.5) is 0 Å². The minimum Gasteiger partial charge on any atom is -0.332 e. The Bertz CT molecular complexity index is 12.5. The van der Waals surface area contributed by atoms with Gasteiger partial charge >= 0.3 is 48.9 Å². The fourth-order valence-corrected chi connectivity index (χ4v) is 0. The van der Waals surface area contributed by atoms with Crippen molar-refractivity contribution in [3.63, 3.8) is 0 Å². The standard InChI is InChI=1S/2C4H9.Ba/c2*1-3-4-2;/h2*3H,4H2,1-2H3;/q2*-1;+2. The van der Waals surface area contributed by atoms with Crippen LogP contribution in [0.5, 0.6) is 0 Å². The summed E-state index contributed by atoms with van der Waals surface area (Å²) in [6.45, 7) is 8.36. The van der Waals surface area contributed by atoms with E-state index in [2.05, 4.69) is 40.5 Å². The van der Waals surface area contributed by atoms with Crippen molar-refractivity contribution in [2.24, 2.45) is 0 Å². The molecular weight excluding hydrogens is 233 g/mol. The van der Waals surface area contributed by atoms with Crippen LogP contribution in [0.3, 0.4) is 0 Å². The summed E-state index contributed by atoms with van der Waals surface area (Å²) in [5.74, 6) is 0. The summed E-state index contributed by atoms with van der Waals surface area (Å²) in [6.07, 6.45) is 6.64. The second-order valence-electron chi connectivity index (χ2n) is 1.63. The van der Waals surface area contributed by atoms with Gasteiger partial charge in [-0.25, -0.2) is 0 Å². The van der Waals surface area contributed by atoms with Gasteiger partial charge in [0.05, 0.1) is 0 Å². The smallest absolute Gasteiger partial charge is 0.332 e. The second kappa shape index (κ2) is 22.7. The molecule has 0 amide bonds. The minimum atomic E-state index is 0. The van der Waals surface area contributed by atoms with Crippen LogP contribution in [-0.4, -0.2) is 48.9 Å². The van der Waals surface area contributed by atoms with Gasteiger partial charge in [0.15, 0.2) is 0 Å². The van der Waals surface area contributed by atoms with Gasteiger partial charge in [0.25, 0.3) is 0 Å². The molecule has 0 aromatic rings.